The summed E-state index contributed by atoms with van der Waals surface area (Å²) in [4.78, 5) is 0. The number of hydrogen-bond donors (Lipinski definition) is 0. The van der Waals surface area contributed by atoms with Crippen molar-refractivity contribution in [2.45, 2.75) is 105 Å². The van der Waals surface area contributed by atoms with Gasteiger partial charge in [0.2, 0.25) is 0 Å². The highest BCUT2D eigenvalue weighted by Gasteiger charge is 2.98. The lowest BCUT2D eigenvalue weighted by Crippen LogP contribution is -2.99. The average molecular weight is 493 g/mol. The van der Waals surface area contributed by atoms with Crippen LogP contribution in [-0.2, 0) is 0 Å². The topological polar surface area (TPSA) is 0 Å². The molecule has 0 unspecified atom stereocenters. The molecule has 0 aromatic carbocycles. The highest BCUT2D eigenvalue weighted by Crippen LogP contribution is 2.69. The van der Waals surface area contributed by atoms with Gasteiger partial charge in [0, 0.05) is 63.0 Å². The lowest BCUT2D eigenvalue weighted by molar-refractivity contribution is 1.78. The van der Waals surface area contributed by atoms with E-state index in [1.54, 1.807) is 0 Å². The largest absolute Gasteiger partial charge is 0.0743 e. The molecule has 2 aliphatic heterocycles. The second-order valence-electron chi connectivity index (χ2n) is 14.1. The number of rotatable bonds is 2. The molecule has 0 spiro atoms. The van der Waals surface area contributed by atoms with Crippen LogP contribution in [0.3, 0.4) is 0 Å². The van der Waals surface area contributed by atoms with Crippen molar-refractivity contribution in [3.05, 3.63) is 0 Å². The van der Waals surface area contributed by atoms with E-state index in [2.05, 4.69) is 105 Å². The Morgan fingerprint density at radius 1 is 0.320 bits per heavy atom. The van der Waals surface area contributed by atoms with E-state index >= 15 is 0 Å². The molecule has 2 aliphatic rings. The maximum absolute atomic E-state index is 3.11. The zero-order valence-electron chi connectivity index (χ0n) is 20.5. The van der Waals surface area contributed by atoms with Crippen LogP contribution in [0.2, 0.25) is 105 Å². The molecule has 2 bridgehead atoms. The highest BCUT2D eigenvalue weighted by atomic mass is 30.7. The van der Waals surface area contributed by atoms with Crippen LogP contribution in [0.15, 0.2) is 0 Å². The molecule has 0 N–H and O–H groups in total. The summed E-state index contributed by atoms with van der Waals surface area (Å²) in [5.74, 6) is 0. The molecular weight excluding hydrogens is 445 g/mol. The van der Waals surface area contributed by atoms with Crippen LogP contribution in [0, 0.1) is 0 Å². The third kappa shape index (κ3) is 1.76. The fourth-order valence-corrected chi connectivity index (χ4v) is 742. The van der Waals surface area contributed by atoms with Crippen LogP contribution in [0.4, 0.5) is 0 Å². The van der Waals surface area contributed by atoms with E-state index in [9.17, 15) is 0 Å². The van der Waals surface area contributed by atoms with Gasteiger partial charge < -0.3 is 0 Å². The highest BCUT2D eigenvalue weighted by molar-refractivity contribution is 8.50. The minimum atomic E-state index is -1.10. The van der Waals surface area contributed by atoms with Gasteiger partial charge in [-0.15, -0.1) is 0 Å². The lowest BCUT2D eigenvalue weighted by atomic mass is 11.8. The molecule has 0 aliphatic carbocycles. The van der Waals surface area contributed by atoms with Gasteiger partial charge in [-0.25, -0.2) is 0 Å². The third-order valence-electron chi connectivity index (χ3n) is 11.0. The number of fused-ring (bicyclic) bond motifs is 2. The van der Waals surface area contributed by atoms with Crippen LogP contribution in [0.5, 0.6) is 0 Å². The normalized spacial score (nSPS) is 40.3. The second kappa shape index (κ2) is 5.16. The van der Waals surface area contributed by atoms with Crippen molar-refractivity contribution < 1.29 is 0 Å². The zero-order valence-corrected chi connectivity index (χ0v) is 29.5. The maximum Gasteiger partial charge on any atom is 0.0305 e. The molecule has 0 saturated carbocycles. The Hall–Kier alpha value is 1.95. The Kier molecular flexibility index (Phi) is 4.80. The SMILES string of the molecule is C[Si](C)(C)[Si]12[Si](C)(C)[Si](C)(C)[Si]([Si](C)(C)C)([Si](C)(C)[Si]1(C)C)[Si]2(C)C. The monoisotopic (exact) mass is 492 g/mol. The number of hydrogen-bond acceptors (Lipinski definition) is 0. The first-order valence-electron chi connectivity index (χ1n) is 10.5. The molecule has 148 valence electrons. The van der Waals surface area contributed by atoms with Crippen LogP contribution in [0.1, 0.15) is 0 Å². The summed E-state index contributed by atoms with van der Waals surface area (Å²) < 4.78 is 0. The maximum atomic E-state index is 3.11. The lowest BCUT2D eigenvalue weighted by Gasteiger charge is -2.69. The summed E-state index contributed by atoms with van der Waals surface area (Å²) in [6, 6.07) is 0. The van der Waals surface area contributed by atoms with E-state index in [1.165, 1.54) is 0 Å². The summed E-state index contributed by atoms with van der Waals surface area (Å²) in [5.41, 5.74) is 0. The first kappa shape index (κ1) is 23.2. The van der Waals surface area contributed by atoms with Gasteiger partial charge in [-0.2, -0.15) is 0 Å². The first-order chi connectivity index (χ1) is 10.5. The fourth-order valence-electron chi connectivity index (χ4n) is 12.5. The Morgan fingerprint density at radius 3 is 0.600 bits per heavy atom. The smallest absolute Gasteiger partial charge is 0.0305 e. The minimum Gasteiger partial charge on any atom is -0.0743 e. The average Bonchev–Trinajstić information content (AvgIpc) is 2.36. The quantitative estimate of drug-likeness (QED) is 0.420. The van der Waals surface area contributed by atoms with Crippen molar-refractivity contribution in [2.24, 2.45) is 0 Å². The Bertz CT molecular complexity index is 522. The molecule has 2 saturated heterocycles. The van der Waals surface area contributed by atoms with Gasteiger partial charge in [0.05, 0.1) is 0 Å². The standard InChI is InChI=1S/C16H48Si9/c1-17(2,3)24-19(7,8)21(11,12)25(18(4,5)6,23(24,15)16)22(13,14)20(24,9)10/h1-16H3. The molecule has 0 amide bonds. The molecule has 2 rings (SSSR count). The predicted octanol–water partition coefficient (Wildman–Crippen LogP) is 5.91. The van der Waals surface area contributed by atoms with Gasteiger partial charge in [-0.05, 0) is 0 Å². The molecule has 0 aromatic heterocycles. The predicted molar refractivity (Wildman–Crippen MR) is 146 cm³/mol. The molecule has 9 heteroatoms. The molecule has 2 heterocycles. The van der Waals surface area contributed by atoms with Gasteiger partial charge in [-0.3, -0.25) is 0 Å². The van der Waals surface area contributed by atoms with Crippen LogP contribution in [0.25, 0.3) is 0 Å². The fraction of sp³-hybridized carbons (Fsp3) is 1.00. The summed E-state index contributed by atoms with van der Waals surface area (Å²) in [6.45, 7) is 48.0. The van der Waals surface area contributed by atoms with E-state index in [1.807, 2.05) is 0 Å². The second-order valence-corrected chi connectivity index (χ2v) is 132. The van der Waals surface area contributed by atoms with E-state index in [4.69, 9.17) is 0 Å². The molecule has 0 atom stereocenters. The van der Waals surface area contributed by atoms with Crippen LogP contribution in [-0.4, -0.2) is 63.0 Å². The third-order valence-corrected chi connectivity index (χ3v) is 328. The van der Waals surface area contributed by atoms with Crippen LogP contribution < -0.4 is 0 Å². The first-order valence-corrected chi connectivity index (χ1v) is 46.5. The van der Waals surface area contributed by atoms with E-state index in [0.29, 0.717) is 0 Å². The summed E-state index contributed by atoms with van der Waals surface area (Å²) in [5, 5.41) is 0. The van der Waals surface area contributed by atoms with Gasteiger partial charge in [0.25, 0.3) is 0 Å². The molecular formula is C16H48Si9. The van der Waals surface area contributed by atoms with Crippen molar-refractivity contribution in [2.75, 3.05) is 0 Å². The Balaban J connectivity index is 3.27. The van der Waals surface area contributed by atoms with Gasteiger partial charge >= 0.3 is 0 Å². The van der Waals surface area contributed by atoms with Crippen molar-refractivity contribution in [3.8, 4) is 0 Å². The molecule has 0 nitrogen and oxygen atoms in total. The van der Waals surface area contributed by atoms with Gasteiger partial charge in [-0.1, -0.05) is 105 Å². The van der Waals surface area contributed by atoms with E-state index in [0.717, 1.165) is 0 Å². The van der Waals surface area contributed by atoms with Crippen molar-refractivity contribution in [1.29, 1.82) is 0 Å². The molecule has 0 radical (unpaired) electrons. The van der Waals surface area contributed by atoms with Crippen molar-refractivity contribution in [3.63, 3.8) is 0 Å². The summed E-state index contributed by atoms with van der Waals surface area (Å²) in [7, 11) is -7.61. The van der Waals surface area contributed by atoms with E-state index in [-0.39, 0.29) is 0 Å². The summed E-state index contributed by atoms with van der Waals surface area (Å²) in [6.07, 6.45) is -2.19. The van der Waals surface area contributed by atoms with Gasteiger partial charge in [0.15, 0.2) is 0 Å². The van der Waals surface area contributed by atoms with Gasteiger partial charge in [0.1, 0.15) is 0 Å². The molecule has 25 heavy (non-hydrogen) atoms. The van der Waals surface area contributed by atoms with E-state index < -0.39 is 63.0 Å². The van der Waals surface area contributed by atoms with Crippen LogP contribution >= 0.6 is 0 Å². The molecule has 2 fully saturated rings. The molecule has 0 aromatic rings. The minimum absolute atomic E-state index is 1.08. The zero-order chi connectivity index (χ0) is 20.5. The van der Waals surface area contributed by atoms with Crippen molar-refractivity contribution >= 4 is 63.0 Å². The summed E-state index contributed by atoms with van der Waals surface area (Å²) >= 11 is 0. The van der Waals surface area contributed by atoms with Crippen molar-refractivity contribution in [1.82, 2.24) is 0 Å². The Labute approximate surface area is 167 Å². The Morgan fingerprint density at radius 2 is 0.480 bits per heavy atom.